The van der Waals surface area contributed by atoms with E-state index in [0.717, 1.165) is 15.7 Å². The summed E-state index contributed by atoms with van der Waals surface area (Å²) in [6.07, 6.45) is 0. The lowest BCUT2D eigenvalue weighted by Gasteiger charge is -2.22. The maximum Gasteiger partial charge on any atom is 0.317 e. The number of hydrogen-bond acceptors (Lipinski definition) is 6. The molecule has 25 heavy (non-hydrogen) atoms. The van der Waals surface area contributed by atoms with Crippen LogP contribution >= 0.6 is 0 Å². The van der Waals surface area contributed by atoms with Crippen LogP contribution < -0.4 is 5.73 Å². The van der Waals surface area contributed by atoms with Crippen molar-refractivity contribution in [3.8, 4) is 0 Å². The monoisotopic (exact) mass is 366 g/mol. The minimum atomic E-state index is -3.95. The maximum atomic E-state index is 12.6. The highest BCUT2D eigenvalue weighted by molar-refractivity contribution is 7.92. The Balaban J connectivity index is 2.26. The van der Waals surface area contributed by atoms with Crippen LogP contribution in [0.2, 0.25) is 0 Å². The molecule has 2 rings (SSSR count). The van der Waals surface area contributed by atoms with Gasteiger partial charge in [-0.1, -0.05) is 30.3 Å². The second-order valence-electron chi connectivity index (χ2n) is 5.55. The summed E-state index contributed by atoms with van der Waals surface area (Å²) in [5.74, 6) is -2.53. The molecule has 0 aliphatic heterocycles. The van der Waals surface area contributed by atoms with E-state index in [1.165, 1.54) is 12.1 Å². The molecule has 0 fully saturated rings. The van der Waals surface area contributed by atoms with Crippen molar-refractivity contribution in [3.63, 3.8) is 0 Å². The van der Waals surface area contributed by atoms with Gasteiger partial charge in [0, 0.05) is 6.54 Å². The van der Waals surface area contributed by atoms with Crippen LogP contribution in [-0.2, 0) is 19.4 Å². The fourth-order valence-electron chi connectivity index (χ4n) is 2.44. The molecule has 0 aliphatic rings. The smallest absolute Gasteiger partial charge is 0.317 e. The van der Waals surface area contributed by atoms with Gasteiger partial charge in [0.15, 0.2) is 9.84 Å². The second-order valence-corrected chi connectivity index (χ2v) is 7.72. The third-order valence-corrected chi connectivity index (χ3v) is 5.46. The van der Waals surface area contributed by atoms with Crippen molar-refractivity contribution in [2.45, 2.75) is 10.3 Å². The van der Waals surface area contributed by atoms with Gasteiger partial charge in [-0.2, -0.15) is 0 Å². The quantitative estimate of drug-likeness (QED) is 0.609. The summed E-state index contributed by atoms with van der Waals surface area (Å²) in [4.78, 5) is 22.6. The summed E-state index contributed by atoms with van der Waals surface area (Å²) in [7, 11) is -3.95. The van der Waals surface area contributed by atoms with Gasteiger partial charge >= 0.3 is 11.9 Å². The van der Waals surface area contributed by atoms with E-state index in [1.807, 2.05) is 12.1 Å². The molecule has 9 heteroatoms. The minimum absolute atomic E-state index is 0.00398. The number of rotatable bonds is 8. The zero-order chi connectivity index (χ0) is 18.6. The van der Waals surface area contributed by atoms with Crippen LogP contribution in [0.5, 0.6) is 0 Å². The summed E-state index contributed by atoms with van der Waals surface area (Å²) >= 11 is 0. The number of aliphatic carboxylic acids is 2. The first-order valence-corrected chi connectivity index (χ1v) is 8.89. The Hall–Kier alpha value is -2.49. The van der Waals surface area contributed by atoms with Gasteiger partial charge in [-0.05, 0) is 22.9 Å². The Labute approximate surface area is 144 Å². The predicted molar refractivity (Wildman–Crippen MR) is 90.8 cm³/mol. The first-order valence-electron chi connectivity index (χ1n) is 7.34. The van der Waals surface area contributed by atoms with Crippen LogP contribution in [0.3, 0.4) is 0 Å². The van der Waals surface area contributed by atoms with E-state index in [0.29, 0.717) is 0 Å². The summed E-state index contributed by atoms with van der Waals surface area (Å²) in [5, 5.41) is 17.8. The molecule has 0 saturated carbocycles. The third kappa shape index (κ3) is 4.75. The topological polar surface area (TPSA) is 138 Å². The molecule has 0 spiro atoms. The average molecular weight is 366 g/mol. The Kier molecular flexibility index (Phi) is 5.73. The first kappa shape index (κ1) is 18.8. The van der Waals surface area contributed by atoms with Gasteiger partial charge in [-0.15, -0.1) is 0 Å². The number of sulfone groups is 1. The molecular formula is C16H18N2O6S. The van der Waals surface area contributed by atoms with Crippen LogP contribution in [0.15, 0.2) is 47.4 Å². The highest BCUT2D eigenvalue weighted by Crippen LogP contribution is 2.21. The van der Waals surface area contributed by atoms with E-state index in [-0.39, 0.29) is 4.90 Å². The van der Waals surface area contributed by atoms with E-state index >= 15 is 0 Å². The molecule has 8 nitrogen and oxygen atoms in total. The van der Waals surface area contributed by atoms with E-state index in [4.69, 9.17) is 15.9 Å². The minimum Gasteiger partial charge on any atom is -0.480 e. The highest BCUT2D eigenvalue weighted by Gasteiger charge is 2.27. The number of nitrogens with zero attached hydrogens (tertiary/aromatic N) is 1. The van der Waals surface area contributed by atoms with Crippen LogP contribution in [0.25, 0.3) is 10.8 Å². The van der Waals surface area contributed by atoms with E-state index < -0.39 is 46.8 Å². The molecule has 0 heterocycles. The molecule has 2 aromatic carbocycles. The fourth-order valence-corrected chi connectivity index (χ4v) is 3.74. The zero-order valence-corrected chi connectivity index (χ0v) is 14.0. The molecule has 4 N–H and O–H groups in total. The molecule has 0 aromatic heterocycles. The van der Waals surface area contributed by atoms with Crippen LogP contribution in [-0.4, -0.2) is 60.5 Å². The van der Waals surface area contributed by atoms with Gasteiger partial charge in [0.1, 0.15) is 5.37 Å². The molecule has 0 bridgehead atoms. The second kappa shape index (κ2) is 7.60. The number of benzene rings is 2. The molecule has 134 valence electrons. The number of carboxylic acids is 2. The molecule has 2 aromatic rings. The molecule has 1 atom stereocenters. The summed E-state index contributed by atoms with van der Waals surface area (Å²) < 4.78 is 25.3. The predicted octanol–water partition coefficient (Wildman–Crippen LogP) is 0.370. The highest BCUT2D eigenvalue weighted by atomic mass is 32.2. The third-order valence-electron chi connectivity index (χ3n) is 3.60. The number of carbonyl (C=O) groups is 2. The van der Waals surface area contributed by atoms with Crippen LogP contribution in [0.1, 0.15) is 0 Å². The Morgan fingerprint density at radius 3 is 2.12 bits per heavy atom. The lowest BCUT2D eigenvalue weighted by Crippen LogP contribution is -2.46. The zero-order valence-electron chi connectivity index (χ0n) is 13.2. The van der Waals surface area contributed by atoms with Crippen LogP contribution in [0.4, 0.5) is 0 Å². The van der Waals surface area contributed by atoms with Gasteiger partial charge in [-0.25, -0.2) is 8.42 Å². The van der Waals surface area contributed by atoms with Gasteiger partial charge in [0.25, 0.3) is 0 Å². The standard InChI is InChI=1S/C16H18N2O6S/c17-14(8-18(9-15(19)20)10-16(21)22)25(23,24)13-6-5-11-3-1-2-4-12(11)7-13/h1-7,14H,8-10,17H2,(H,19,20)(H,21,22). The largest absolute Gasteiger partial charge is 0.480 e. The van der Waals surface area contributed by atoms with E-state index in [2.05, 4.69) is 0 Å². The van der Waals surface area contributed by atoms with E-state index in [9.17, 15) is 18.0 Å². The Bertz CT molecular complexity index is 880. The average Bonchev–Trinajstić information content (AvgIpc) is 2.53. The number of nitrogens with two attached hydrogens (primary N) is 1. The van der Waals surface area contributed by atoms with Gasteiger partial charge in [-0.3, -0.25) is 14.5 Å². The summed E-state index contributed by atoms with van der Waals surface area (Å²) in [6.45, 7) is -1.64. The first-order chi connectivity index (χ1) is 11.7. The van der Waals surface area contributed by atoms with Crippen molar-refractivity contribution in [1.82, 2.24) is 4.90 Å². The van der Waals surface area contributed by atoms with Crippen molar-refractivity contribution >= 4 is 32.5 Å². The van der Waals surface area contributed by atoms with Gasteiger partial charge < -0.3 is 15.9 Å². The summed E-state index contributed by atoms with van der Waals surface area (Å²) in [6, 6.07) is 11.8. The lowest BCUT2D eigenvalue weighted by molar-refractivity contribution is -0.141. The van der Waals surface area contributed by atoms with E-state index in [1.54, 1.807) is 18.2 Å². The normalized spacial score (nSPS) is 13.0. The van der Waals surface area contributed by atoms with Gasteiger partial charge in [0.05, 0.1) is 18.0 Å². The van der Waals surface area contributed by atoms with Crippen molar-refractivity contribution in [2.24, 2.45) is 5.73 Å². The summed E-state index contributed by atoms with van der Waals surface area (Å²) in [5.41, 5.74) is 5.76. The van der Waals surface area contributed by atoms with Crippen molar-refractivity contribution in [2.75, 3.05) is 19.6 Å². The number of carboxylic acid groups (broad SMARTS) is 2. The fraction of sp³-hybridized carbons (Fsp3) is 0.250. The molecule has 0 saturated heterocycles. The SMILES string of the molecule is NC(CN(CC(=O)O)CC(=O)O)S(=O)(=O)c1ccc2ccccc2c1. The molecular weight excluding hydrogens is 348 g/mol. The molecule has 0 radical (unpaired) electrons. The van der Waals surface area contributed by atoms with Crippen molar-refractivity contribution < 1.29 is 28.2 Å². The molecule has 0 aliphatic carbocycles. The van der Waals surface area contributed by atoms with Gasteiger partial charge in [0.2, 0.25) is 0 Å². The van der Waals surface area contributed by atoms with Crippen molar-refractivity contribution in [3.05, 3.63) is 42.5 Å². The molecule has 1 unspecified atom stereocenters. The lowest BCUT2D eigenvalue weighted by atomic mass is 10.1. The Morgan fingerprint density at radius 2 is 1.56 bits per heavy atom. The Morgan fingerprint density at radius 1 is 1.00 bits per heavy atom. The molecule has 0 amide bonds. The maximum absolute atomic E-state index is 12.6. The number of fused-ring (bicyclic) bond motifs is 1. The van der Waals surface area contributed by atoms with Crippen molar-refractivity contribution in [1.29, 1.82) is 0 Å². The van der Waals surface area contributed by atoms with Crippen LogP contribution in [0, 0.1) is 0 Å². The number of hydrogen-bond donors (Lipinski definition) is 3.